The van der Waals surface area contributed by atoms with Crippen LogP contribution in [0.2, 0.25) is 0 Å². The molecule has 23 heavy (non-hydrogen) atoms. The molecule has 0 saturated carbocycles. The molecule has 1 heterocycles. The van der Waals surface area contributed by atoms with E-state index in [4.69, 9.17) is 0 Å². The molecule has 4 heteroatoms. The highest BCUT2D eigenvalue weighted by molar-refractivity contribution is 14.1. The van der Waals surface area contributed by atoms with Crippen LogP contribution >= 0.6 is 22.6 Å². The molecule has 0 unspecified atom stereocenters. The topological polar surface area (TPSA) is 42.0 Å². The number of anilines is 1. The van der Waals surface area contributed by atoms with Crippen LogP contribution in [0.15, 0.2) is 48.5 Å². The van der Waals surface area contributed by atoms with Gasteiger partial charge in [0, 0.05) is 14.7 Å². The lowest BCUT2D eigenvalue weighted by atomic mass is 9.99. The number of amides is 1. The van der Waals surface area contributed by atoms with Crippen molar-refractivity contribution >= 4 is 45.1 Å². The largest absolute Gasteiger partial charge is 0.321 e. The lowest BCUT2D eigenvalue weighted by Crippen LogP contribution is -2.16. The second kappa shape index (κ2) is 6.66. The lowest BCUT2D eigenvalue weighted by molar-refractivity contribution is 0.102. The summed E-state index contributed by atoms with van der Waals surface area (Å²) in [6, 6.07) is 15.6. The smallest absolute Gasteiger partial charge is 0.256 e. The first-order chi connectivity index (χ1) is 11.1. The molecule has 3 nitrogen and oxygen atoms in total. The molecule has 0 bridgehead atoms. The minimum absolute atomic E-state index is 0.0834. The van der Waals surface area contributed by atoms with Gasteiger partial charge in [-0.3, -0.25) is 9.78 Å². The number of hydrogen-bond donors (Lipinski definition) is 1. The van der Waals surface area contributed by atoms with Gasteiger partial charge in [0.2, 0.25) is 0 Å². The number of rotatable bonds is 3. The Bertz CT molecular complexity index is 890. The molecule has 0 atom stereocenters. The third-order valence-corrected chi connectivity index (χ3v) is 4.86. The number of aryl methyl sites for hydroxylation is 1. The molecule has 3 rings (SSSR count). The summed E-state index contributed by atoms with van der Waals surface area (Å²) in [6.45, 7) is 4.04. The van der Waals surface area contributed by atoms with E-state index in [1.165, 1.54) is 0 Å². The molecule has 1 amide bonds. The predicted octanol–water partition coefficient (Wildman–Crippen LogP) is 4.96. The van der Waals surface area contributed by atoms with Gasteiger partial charge in [-0.15, -0.1) is 0 Å². The monoisotopic (exact) mass is 416 g/mol. The molecule has 1 aromatic heterocycles. The fourth-order valence-corrected chi connectivity index (χ4v) is 3.26. The maximum atomic E-state index is 12.9. The van der Waals surface area contributed by atoms with E-state index in [0.717, 1.165) is 37.8 Å². The fourth-order valence-electron chi connectivity index (χ4n) is 2.74. The number of carbonyl (C=O) groups excluding carboxylic acids is 1. The van der Waals surface area contributed by atoms with Gasteiger partial charge in [0.25, 0.3) is 5.91 Å². The average Bonchev–Trinajstić information content (AvgIpc) is 2.56. The molecule has 0 aliphatic carbocycles. The molecule has 116 valence electrons. The zero-order valence-electron chi connectivity index (χ0n) is 13.1. The van der Waals surface area contributed by atoms with Crippen LogP contribution in [-0.4, -0.2) is 10.9 Å². The van der Waals surface area contributed by atoms with Crippen LogP contribution < -0.4 is 5.32 Å². The molecule has 0 spiro atoms. The van der Waals surface area contributed by atoms with Gasteiger partial charge in [0.15, 0.2) is 0 Å². The maximum Gasteiger partial charge on any atom is 0.256 e. The quantitative estimate of drug-likeness (QED) is 0.614. The van der Waals surface area contributed by atoms with Crippen LogP contribution in [-0.2, 0) is 6.42 Å². The summed E-state index contributed by atoms with van der Waals surface area (Å²) in [5, 5.41) is 3.93. The van der Waals surface area contributed by atoms with Crippen LogP contribution in [0.3, 0.4) is 0 Å². The minimum atomic E-state index is -0.0834. The van der Waals surface area contributed by atoms with Crippen LogP contribution in [0, 0.1) is 10.5 Å². The molecule has 0 radical (unpaired) electrons. The first-order valence-electron chi connectivity index (χ1n) is 7.56. The Morgan fingerprint density at radius 1 is 1.13 bits per heavy atom. The Kier molecular flexibility index (Phi) is 4.61. The molecular weight excluding hydrogens is 399 g/mol. The van der Waals surface area contributed by atoms with Crippen molar-refractivity contribution in [3.63, 3.8) is 0 Å². The van der Waals surface area contributed by atoms with Crippen LogP contribution in [0.25, 0.3) is 10.9 Å². The molecule has 3 aromatic rings. The molecular formula is C19H17IN2O. The number of hydrogen-bond acceptors (Lipinski definition) is 2. The van der Waals surface area contributed by atoms with Gasteiger partial charge in [0.1, 0.15) is 0 Å². The summed E-state index contributed by atoms with van der Waals surface area (Å²) < 4.78 is 1.02. The second-order valence-corrected chi connectivity index (χ2v) is 6.53. The van der Waals surface area contributed by atoms with E-state index in [0.29, 0.717) is 5.56 Å². The van der Waals surface area contributed by atoms with Crippen molar-refractivity contribution in [2.24, 2.45) is 0 Å². The van der Waals surface area contributed by atoms with E-state index in [1.807, 2.05) is 55.5 Å². The molecule has 2 aromatic carbocycles. The summed E-state index contributed by atoms with van der Waals surface area (Å²) in [7, 11) is 0. The molecule has 0 aliphatic heterocycles. The van der Waals surface area contributed by atoms with Crippen LogP contribution in [0.4, 0.5) is 5.69 Å². The van der Waals surface area contributed by atoms with Crippen molar-refractivity contribution in [1.29, 1.82) is 0 Å². The van der Waals surface area contributed by atoms with Crippen LogP contribution in [0.1, 0.15) is 28.5 Å². The van der Waals surface area contributed by atoms with E-state index >= 15 is 0 Å². The number of aromatic nitrogens is 1. The highest BCUT2D eigenvalue weighted by Crippen LogP contribution is 2.25. The van der Waals surface area contributed by atoms with Gasteiger partial charge in [-0.25, -0.2) is 0 Å². The Labute approximate surface area is 149 Å². The number of pyridine rings is 1. The number of para-hydroxylation sites is 2. The molecule has 1 N–H and O–H groups in total. The standard InChI is InChI=1S/C19H17IN2O/c1-3-15-12(2)18(13-8-4-6-10-16(13)21-15)19(23)22-17-11-7-5-9-14(17)20/h4-11H,3H2,1-2H3,(H,22,23). The summed E-state index contributed by atoms with van der Waals surface area (Å²) in [5.74, 6) is -0.0834. The predicted molar refractivity (Wildman–Crippen MR) is 103 cm³/mol. The average molecular weight is 416 g/mol. The van der Waals surface area contributed by atoms with Gasteiger partial charge in [-0.05, 0) is 59.7 Å². The lowest BCUT2D eigenvalue weighted by Gasteiger charge is -2.14. The fraction of sp³-hybridized carbons (Fsp3) is 0.158. The van der Waals surface area contributed by atoms with Crippen molar-refractivity contribution < 1.29 is 4.79 Å². The third kappa shape index (κ3) is 3.08. The SMILES string of the molecule is CCc1nc2ccccc2c(C(=O)Nc2ccccc2I)c1C. The van der Waals surface area contributed by atoms with E-state index in [1.54, 1.807) is 0 Å². The van der Waals surface area contributed by atoms with Gasteiger partial charge >= 0.3 is 0 Å². The second-order valence-electron chi connectivity index (χ2n) is 5.36. The Morgan fingerprint density at radius 2 is 1.83 bits per heavy atom. The zero-order valence-corrected chi connectivity index (χ0v) is 15.2. The molecule has 0 fully saturated rings. The third-order valence-electron chi connectivity index (χ3n) is 3.92. The number of carbonyl (C=O) groups is 1. The van der Waals surface area contributed by atoms with Crippen molar-refractivity contribution in [2.45, 2.75) is 20.3 Å². The van der Waals surface area contributed by atoms with Crippen molar-refractivity contribution in [3.8, 4) is 0 Å². The number of nitrogens with zero attached hydrogens (tertiary/aromatic N) is 1. The number of halogens is 1. The first-order valence-corrected chi connectivity index (χ1v) is 8.63. The van der Waals surface area contributed by atoms with E-state index < -0.39 is 0 Å². The van der Waals surface area contributed by atoms with Crippen molar-refractivity contribution in [2.75, 3.05) is 5.32 Å². The van der Waals surface area contributed by atoms with Crippen LogP contribution in [0.5, 0.6) is 0 Å². The normalized spacial score (nSPS) is 10.7. The van der Waals surface area contributed by atoms with E-state index in [9.17, 15) is 4.79 Å². The van der Waals surface area contributed by atoms with Gasteiger partial charge in [0.05, 0.1) is 16.8 Å². The summed E-state index contributed by atoms with van der Waals surface area (Å²) in [4.78, 5) is 17.6. The highest BCUT2D eigenvalue weighted by Gasteiger charge is 2.17. The van der Waals surface area contributed by atoms with Gasteiger partial charge in [-0.2, -0.15) is 0 Å². The minimum Gasteiger partial charge on any atom is -0.321 e. The Balaban J connectivity index is 2.13. The number of benzene rings is 2. The molecule has 0 saturated heterocycles. The number of nitrogens with one attached hydrogen (secondary N) is 1. The zero-order chi connectivity index (χ0) is 16.4. The Hall–Kier alpha value is -1.95. The maximum absolute atomic E-state index is 12.9. The highest BCUT2D eigenvalue weighted by atomic mass is 127. The molecule has 0 aliphatic rings. The first kappa shape index (κ1) is 15.9. The number of fused-ring (bicyclic) bond motifs is 1. The summed E-state index contributed by atoms with van der Waals surface area (Å²) in [5.41, 5.74) is 4.33. The summed E-state index contributed by atoms with van der Waals surface area (Å²) in [6.07, 6.45) is 0.805. The Morgan fingerprint density at radius 3 is 2.57 bits per heavy atom. The van der Waals surface area contributed by atoms with Gasteiger partial charge in [-0.1, -0.05) is 37.3 Å². The van der Waals surface area contributed by atoms with Crippen molar-refractivity contribution in [3.05, 3.63) is 68.9 Å². The van der Waals surface area contributed by atoms with Gasteiger partial charge < -0.3 is 5.32 Å². The summed E-state index contributed by atoms with van der Waals surface area (Å²) >= 11 is 2.23. The van der Waals surface area contributed by atoms with E-state index in [-0.39, 0.29) is 5.91 Å². The van der Waals surface area contributed by atoms with Crippen molar-refractivity contribution in [1.82, 2.24) is 4.98 Å². The van der Waals surface area contributed by atoms with E-state index in [2.05, 4.69) is 39.8 Å².